The number of aliphatic hydroxyl groups is 1. The van der Waals surface area contributed by atoms with Crippen LogP contribution in [-0.2, 0) is 18.9 Å². The second kappa shape index (κ2) is 11.3. The van der Waals surface area contributed by atoms with E-state index >= 15 is 0 Å². The molecule has 0 aliphatic heterocycles. The molecule has 0 spiro atoms. The molecule has 126 valence electrons. The summed E-state index contributed by atoms with van der Waals surface area (Å²) in [6, 6.07) is 0. The minimum Gasteiger partial charge on any atom is -0.388 e. The zero-order chi connectivity index (χ0) is 15.4. The van der Waals surface area contributed by atoms with Gasteiger partial charge in [0.15, 0.2) is 0 Å². The molecule has 2 atom stereocenters. The molecule has 1 saturated carbocycles. The van der Waals surface area contributed by atoms with Crippen LogP contribution < -0.4 is 5.73 Å². The first-order valence-corrected chi connectivity index (χ1v) is 7.87. The van der Waals surface area contributed by atoms with Crippen LogP contribution in [0, 0.1) is 5.92 Å². The zero-order valence-corrected chi connectivity index (χ0v) is 13.2. The molecule has 1 aliphatic carbocycles. The summed E-state index contributed by atoms with van der Waals surface area (Å²) in [5.74, 6) is 0.276. The molecule has 1 fully saturated rings. The van der Waals surface area contributed by atoms with Gasteiger partial charge in [0.1, 0.15) is 0 Å². The lowest BCUT2D eigenvalue weighted by Crippen LogP contribution is -2.41. The molecular formula is C15H31NO5. The van der Waals surface area contributed by atoms with E-state index in [1.165, 1.54) is 0 Å². The van der Waals surface area contributed by atoms with Gasteiger partial charge in [-0.3, -0.25) is 0 Å². The van der Waals surface area contributed by atoms with E-state index in [1.807, 2.05) is 0 Å². The third-order valence-corrected chi connectivity index (χ3v) is 4.06. The fourth-order valence-electron chi connectivity index (χ4n) is 2.72. The number of hydrogen-bond donors (Lipinski definition) is 2. The van der Waals surface area contributed by atoms with Gasteiger partial charge in [0.25, 0.3) is 0 Å². The summed E-state index contributed by atoms with van der Waals surface area (Å²) < 4.78 is 21.1. The van der Waals surface area contributed by atoms with Gasteiger partial charge < -0.3 is 29.8 Å². The standard InChI is InChI=1S/C15H31NO5/c1-18-7-8-20-11-12-21-10-9-19-6-4-14-3-2-5-15(14,17)13-16/h14,17H,2-13,16H2,1H3. The van der Waals surface area contributed by atoms with Gasteiger partial charge >= 0.3 is 0 Å². The average molecular weight is 305 g/mol. The van der Waals surface area contributed by atoms with Crippen LogP contribution in [0.5, 0.6) is 0 Å². The van der Waals surface area contributed by atoms with Gasteiger partial charge in [0, 0.05) is 20.3 Å². The first-order chi connectivity index (χ1) is 10.2. The summed E-state index contributed by atoms with van der Waals surface area (Å²) in [7, 11) is 1.65. The lowest BCUT2D eigenvalue weighted by Gasteiger charge is -2.28. The van der Waals surface area contributed by atoms with E-state index in [0.29, 0.717) is 52.8 Å². The molecule has 0 aromatic rings. The molecule has 21 heavy (non-hydrogen) atoms. The Labute approximate surface area is 127 Å². The topological polar surface area (TPSA) is 83.2 Å². The summed E-state index contributed by atoms with van der Waals surface area (Å²) in [6.07, 6.45) is 3.80. The molecule has 0 amide bonds. The van der Waals surface area contributed by atoms with Crippen molar-refractivity contribution < 1.29 is 24.1 Å². The van der Waals surface area contributed by atoms with Crippen molar-refractivity contribution in [3.63, 3.8) is 0 Å². The summed E-state index contributed by atoms with van der Waals surface area (Å²) in [6.45, 7) is 4.51. The van der Waals surface area contributed by atoms with Crippen molar-refractivity contribution in [2.45, 2.75) is 31.3 Å². The molecule has 3 N–H and O–H groups in total. The maximum absolute atomic E-state index is 10.3. The Bertz CT molecular complexity index is 254. The average Bonchev–Trinajstić information content (AvgIpc) is 2.86. The Morgan fingerprint density at radius 3 is 2.14 bits per heavy atom. The van der Waals surface area contributed by atoms with Crippen LogP contribution >= 0.6 is 0 Å². The first-order valence-electron chi connectivity index (χ1n) is 7.87. The van der Waals surface area contributed by atoms with Gasteiger partial charge in [-0.15, -0.1) is 0 Å². The van der Waals surface area contributed by atoms with Gasteiger partial charge in [-0.05, 0) is 25.2 Å². The molecule has 0 saturated heterocycles. The fraction of sp³-hybridized carbons (Fsp3) is 1.00. The maximum Gasteiger partial charge on any atom is 0.0798 e. The predicted octanol–water partition coefficient (Wildman–Crippen LogP) is 0.563. The Morgan fingerprint density at radius 1 is 1.00 bits per heavy atom. The molecule has 6 heteroatoms. The van der Waals surface area contributed by atoms with Crippen molar-refractivity contribution in [2.24, 2.45) is 11.7 Å². The van der Waals surface area contributed by atoms with Crippen molar-refractivity contribution in [3.05, 3.63) is 0 Å². The SMILES string of the molecule is COCCOCCOCCOCCC1CCCC1(O)CN. The van der Waals surface area contributed by atoms with E-state index in [-0.39, 0.29) is 5.92 Å². The van der Waals surface area contributed by atoms with Gasteiger partial charge in [0.2, 0.25) is 0 Å². The summed E-state index contributed by atoms with van der Waals surface area (Å²) >= 11 is 0. The normalized spacial score (nSPS) is 25.6. The molecule has 0 aromatic heterocycles. The number of methoxy groups -OCH3 is 1. The highest BCUT2D eigenvalue weighted by atomic mass is 16.6. The van der Waals surface area contributed by atoms with E-state index in [9.17, 15) is 5.11 Å². The number of hydrogen-bond acceptors (Lipinski definition) is 6. The van der Waals surface area contributed by atoms with Crippen molar-refractivity contribution in [1.29, 1.82) is 0 Å². The number of ether oxygens (including phenoxy) is 4. The van der Waals surface area contributed by atoms with Crippen LogP contribution in [0.4, 0.5) is 0 Å². The lowest BCUT2D eigenvalue weighted by molar-refractivity contribution is -0.0168. The second-order valence-corrected chi connectivity index (χ2v) is 5.52. The van der Waals surface area contributed by atoms with Crippen molar-refractivity contribution in [3.8, 4) is 0 Å². The molecular weight excluding hydrogens is 274 g/mol. The predicted molar refractivity (Wildman–Crippen MR) is 80.3 cm³/mol. The largest absolute Gasteiger partial charge is 0.388 e. The molecule has 1 rings (SSSR count). The van der Waals surface area contributed by atoms with E-state index in [0.717, 1.165) is 25.7 Å². The Morgan fingerprint density at radius 2 is 1.57 bits per heavy atom. The molecule has 0 aromatic carbocycles. The monoisotopic (exact) mass is 305 g/mol. The number of nitrogens with two attached hydrogens (primary N) is 1. The molecule has 6 nitrogen and oxygen atoms in total. The lowest BCUT2D eigenvalue weighted by atomic mass is 9.88. The second-order valence-electron chi connectivity index (χ2n) is 5.52. The Hall–Kier alpha value is -0.240. The van der Waals surface area contributed by atoms with Crippen LogP contribution in [0.25, 0.3) is 0 Å². The van der Waals surface area contributed by atoms with E-state index in [1.54, 1.807) is 7.11 Å². The zero-order valence-electron chi connectivity index (χ0n) is 13.2. The molecule has 0 bridgehead atoms. The number of rotatable bonds is 13. The third kappa shape index (κ3) is 7.54. The molecule has 1 aliphatic rings. The first kappa shape index (κ1) is 18.8. The van der Waals surface area contributed by atoms with Crippen LogP contribution in [0.15, 0.2) is 0 Å². The van der Waals surface area contributed by atoms with E-state index in [4.69, 9.17) is 24.7 Å². The molecule has 0 radical (unpaired) electrons. The Balaban J connectivity index is 1.87. The molecule has 2 unspecified atom stereocenters. The van der Waals surface area contributed by atoms with Crippen molar-refractivity contribution in [1.82, 2.24) is 0 Å². The van der Waals surface area contributed by atoms with Crippen LogP contribution in [0.2, 0.25) is 0 Å². The summed E-state index contributed by atoms with van der Waals surface area (Å²) in [4.78, 5) is 0. The van der Waals surface area contributed by atoms with Gasteiger partial charge in [-0.2, -0.15) is 0 Å². The van der Waals surface area contributed by atoms with Crippen LogP contribution in [0.1, 0.15) is 25.7 Å². The summed E-state index contributed by atoms with van der Waals surface area (Å²) in [5, 5.41) is 10.3. The van der Waals surface area contributed by atoms with Crippen LogP contribution in [-0.4, -0.2) is 70.6 Å². The quantitative estimate of drug-likeness (QED) is 0.484. The smallest absolute Gasteiger partial charge is 0.0798 e. The van der Waals surface area contributed by atoms with Crippen LogP contribution in [0.3, 0.4) is 0 Å². The summed E-state index contributed by atoms with van der Waals surface area (Å²) in [5.41, 5.74) is 4.99. The highest BCUT2D eigenvalue weighted by molar-refractivity contribution is 4.92. The highest BCUT2D eigenvalue weighted by Crippen LogP contribution is 2.36. The highest BCUT2D eigenvalue weighted by Gasteiger charge is 2.39. The van der Waals surface area contributed by atoms with Gasteiger partial charge in [0.05, 0.1) is 45.2 Å². The van der Waals surface area contributed by atoms with Gasteiger partial charge in [-0.1, -0.05) is 6.42 Å². The van der Waals surface area contributed by atoms with Crippen molar-refractivity contribution in [2.75, 3.05) is 59.9 Å². The van der Waals surface area contributed by atoms with Crippen molar-refractivity contribution >= 4 is 0 Å². The van der Waals surface area contributed by atoms with E-state index < -0.39 is 5.60 Å². The maximum atomic E-state index is 10.3. The molecule has 0 heterocycles. The third-order valence-electron chi connectivity index (χ3n) is 4.06. The van der Waals surface area contributed by atoms with Gasteiger partial charge in [-0.25, -0.2) is 0 Å². The van der Waals surface area contributed by atoms with E-state index in [2.05, 4.69) is 0 Å². The Kier molecular flexibility index (Phi) is 10.2. The minimum atomic E-state index is -0.667. The minimum absolute atomic E-state index is 0.276. The fourth-order valence-corrected chi connectivity index (χ4v) is 2.72.